The number of rotatable bonds is 9. The summed E-state index contributed by atoms with van der Waals surface area (Å²) in [5.41, 5.74) is 1.18. The number of ether oxygens (including phenoxy) is 1. The summed E-state index contributed by atoms with van der Waals surface area (Å²) in [7, 11) is -2.74. The van der Waals surface area contributed by atoms with Gasteiger partial charge in [-0.2, -0.15) is 8.42 Å². The highest BCUT2D eigenvalue weighted by atomic mass is 32.2. The second-order valence-electron chi connectivity index (χ2n) is 7.94. The van der Waals surface area contributed by atoms with E-state index in [1.165, 1.54) is 38.3 Å². The van der Waals surface area contributed by atoms with E-state index in [-0.39, 0.29) is 40.2 Å². The van der Waals surface area contributed by atoms with Crippen molar-refractivity contribution in [1.29, 1.82) is 0 Å². The van der Waals surface area contributed by atoms with Gasteiger partial charge in [0.15, 0.2) is 11.5 Å². The SMILES string of the molecule is COc1ccc(CN(C(=O)C(C)C)C(C)C)cc1OS(=O)(=O)c1ccc(NC(C)=O)cc1. The van der Waals surface area contributed by atoms with Crippen LogP contribution in [0.5, 0.6) is 11.5 Å². The lowest BCUT2D eigenvalue weighted by molar-refractivity contribution is -0.136. The predicted molar refractivity (Wildman–Crippen MR) is 122 cm³/mol. The maximum atomic E-state index is 12.8. The first-order valence-corrected chi connectivity index (χ1v) is 11.6. The second kappa shape index (κ2) is 10.5. The highest BCUT2D eigenvalue weighted by molar-refractivity contribution is 7.87. The molecule has 0 saturated carbocycles. The third-order valence-electron chi connectivity index (χ3n) is 4.64. The van der Waals surface area contributed by atoms with Gasteiger partial charge in [-0.15, -0.1) is 0 Å². The first kappa shape index (κ1) is 25.2. The van der Waals surface area contributed by atoms with Crippen LogP contribution in [0.15, 0.2) is 47.4 Å². The van der Waals surface area contributed by atoms with E-state index < -0.39 is 10.1 Å². The van der Waals surface area contributed by atoms with Gasteiger partial charge in [0.25, 0.3) is 0 Å². The largest absolute Gasteiger partial charge is 0.493 e. The van der Waals surface area contributed by atoms with Crippen LogP contribution in [0.2, 0.25) is 0 Å². The predicted octanol–water partition coefficient (Wildman–Crippen LogP) is 3.81. The van der Waals surface area contributed by atoms with E-state index in [4.69, 9.17) is 8.92 Å². The Morgan fingerprint density at radius 1 is 1.00 bits per heavy atom. The Hall–Kier alpha value is -3.07. The number of nitrogens with zero attached hydrogens (tertiary/aromatic N) is 1. The number of methoxy groups -OCH3 is 1. The zero-order valence-corrected chi connectivity index (χ0v) is 20.0. The molecule has 2 aromatic carbocycles. The third-order valence-corrected chi connectivity index (χ3v) is 5.89. The van der Waals surface area contributed by atoms with E-state index in [1.807, 2.05) is 27.7 Å². The normalized spacial score (nSPS) is 11.4. The summed E-state index contributed by atoms with van der Waals surface area (Å²) in [6, 6.07) is 10.6. The monoisotopic (exact) mass is 462 g/mol. The Kier molecular flexibility index (Phi) is 8.26. The first-order chi connectivity index (χ1) is 14.9. The van der Waals surface area contributed by atoms with Gasteiger partial charge in [0, 0.05) is 31.1 Å². The highest BCUT2D eigenvalue weighted by Gasteiger charge is 2.23. The number of nitrogens with one attached hydrogen (secondary N) is 1. The minimum atomic E-state index is -4.16. The molecule has 0 atom stereocenters. The van der Waals surface area contributed by atoms with Crippen molar-refractivity contribution < 1.29 is 26.9 Å². The van der Waals surface area contributed by atoms with Gasteiger partial charge in [-0.05, 0) is 55.8 Å². The third kappa shape index (κ3) is 6.46. The Balaban J connectivity index is 2.32. The maximum absolute atomic E-state index is 12.8. The Morgan fingerprint density at radius 2 is 1.62 bits per heavy atom. The van der Waals surface area contributed by atoms with Gasteiger partial charge in [-0.1, -0.05) is 19.9 Å². The van der Waals surface area contributed by atoms with E-state index in [9.17, 15) is 18.0 Å². The Labute approximate surface area is 189 Å². The van der Waals surface area contributed by atoms with Crippen molar-refractivity contribution in [3.63, 3.8) is 0 Å². The van der Waals surface area contributed by atoms with E-state index in [2.05, 4.69) is 5.32 Å². The van der Waals surface area contributed by atoms with Crippen molar-refractivity contribution in [2.45, 2.75) is 52.1 Å². The van der Waals surface area contributed by atoms with Crippen LogP contribution in [0.1, 0.15) is 40.2 Å². The number of hydrogen-bond acceptors (Lipinski definition) is 6. The lowest BCUT2D eigenvalue weighted by Crippen LogP contribution is -2.38. The molecule has 0 aromatic heterocycles. The standard InChI is InChI=1S/C23H30N2O6S/c1-15(2)23(27)25(16(3)4)14-18-7-12-21(30-6)22(13-18)31-32(28,29)20-10-8-19(9-11-20)24-17(5)26/h7-13,15-16H,14H2,1-6H3,(H,24,26). The van der Waals surface area contributed by atoms with Crippen molar-refractivity contribution in [3.05, 3.63) is 48.0 Å². The van der Waals surface area contributed by atoms with E-state index in [0.29, 0.717) is 17.8 Å². The van der Waals surface area contributed by atoms with Gasteiger partial charge in [0.05, 0.1) is 7.11 Å². The summed E-state index contributed by atoms with van der Waals surface area (Å²) in [4.78, 5) is 25.4. The fourth-order valence-electron chi connectivity index (χ4n) is 3.00. The van der Waals surface area contributed by atoms with Gasteiger partial charge in [0.1, 0.15) is 4.90 Å². The number of benzene rings is 2. The van der Waals surface area contributed by atoms with Crippen LogP contribution in [-0.2, 0) is 26.3 Å². The molecule has 2 aromatic rings. The molecule has 0 aliphatic carbocycles. The minimum absolute atomic E-state index is 0.00479. The number of carbonyl (C=O) groups is 2. The summed E-state index contributed by atoms with van der Waals surface area (Å²) >= 11 is 0. The number of hydrogen-bond donors (Lipinski definition) is 1. The maximum Gasteiger partial charge on any atom is 0.339 e. The summed E-state index contributed by atoms with van der Waals surface area (Å²) in [6.07, 6.45) is 0. The van der Waals surface area contributed by atoms with Crippen molar-refractivity contribution in [1.82, 2.24) is 4.90 Å². The molecule has 0 fully saturated rings. The van der Waals surface area contributed by atoms with Crippen LogP contribution >= 0.6 is 0 Å². The molecule has 0 unspecified atom stereocenters. The topological polar surface area (TPSA) is 102 Å². The van der Waals surface area contributed by atoms with E-state index in [1.54, 1.807) is 23.1 Å². The van der Waals surface area contributed by atoms with Crippen LogP contribution < -0.4 is 14.2 Å². The lowest BCUT2D eigenvalue weighted by atomic mass is 10.1. The van der Waals surface area contributed by atoms with Crippen molar-refractivity contribution >= 4 is 27.6 Å². The van der Waals surface area contributed by atoms with E-state index in [0.717, 1.165) is 0 Å². The van der Waals surface area contributed by atoms with Crippen LogP contribution in [0.25, 0.3) is 0 Å². The molecule has 0 spiro atoms. The van der Waals surface area contributed by atoms with Gasteiger partial charge in [0.2, 0.25) is 11.8 Å². The quantitative estimate of drug-likeness (QED) is 0.569. The number of amides is 2. The lowest BCUT2D eigenvalue weighted by Gasteiger charge is -2.29. The summed E-state index contributed by atoms with van der Waals surface area (Å²) < 4.78 is 36.3. The fraction of sp³-hybridized carbons (Fsp3) is 0.391. The van der Waals surface area contributed by atoms with Gasteiger partial charge >= 0.3 is 10.1 Å². The van der Waals surface area contributed by atoms with Gasteiger partial charge in [-0.3, -0.25) is 9.59 Å². The van der Waals surface area contributed by atoms with Gasteiger partial charge in [-0.25, -0.2) is 0 Å². The molecule has 0 bridgehead atoms. The Morgan fingerprint density at radius 3 is 2.12 bits per heavy atom. The molecule has 0 aliphatic rings. The van der Waals surface area contributed by atoms with Crippen molar-refractivity contribution in [2.24, 2.45) is 5.92 Å². The highest BCUT2D eigenvalue weighted by Crippen LogP contribution is 2.32. The van der Waals surface area contributed by atoms with Crippen LogP contribution in [0, 0.1) is 5.92 Å². The van der Waals surface area contributed by atoms with Crippen molar-refractivity contribution in [2.75, 3.05) is 12.4 Å². The molecule has 32 heavy (non-hydrogen) atoms. The molecular formula is C23H30N2O6S. The molecule has 2 amide bonds. The first-order valence-electron chi connectivity index (χ1n) is 10.2. The van der Waals surface area contributed by atoms with E-state index >= 15 is 0 Å². The fourth-order valence-corrected chi connectivity index (χ4v) is 3.93. The molecular weight excluding hydrogens is 432 g/mol. The molecule has 0 aliphatic heterocycles. The molecule has 8 nitrogen and oxygen atoms in total. The zero-order chi connectivity index (χ0) is 24.1. The van der Waals surface area contributed by atoms with Crippen LogP contribution in [0.3, 0.4) is 0 Å². The zero-order valence-electron chi connectivity index (χ0n) is 19.2. The molecule has 2 rings (SSSR count). The average molecular weight is 463 g/mol. The number of anilines is 1. The molecule has 9 heteroatoms. The van der Waals surface area contributed by atoms with Crippen molar-refractivity contribution in [3.8, 4) is 11.5 Å². The summed E-state index contributed by atoms with van der Waals surface area (Å²) in [5.74, 6) is -0.141. The molecule has 0 saturated heterocycles. The van der Waals surface area contributed by atoms with Gasteiger partial charge < -0.3 is 19.1 Å². The summed E-state index contributed by atoms with van der Waals surface area (Å²) in [6.45, 7) is 9.20. The second-order valence-corrected chi connectivity index (χ2v) is 9.49. The molecule has 0 heterocycles. The average Bonchev–Trinajstić information content (AvgIpc) is 2.71. The minimum Gasteiger partial charge on any atom is -0.493 e. The Bertz CT molecular complexity index is 1060. The molecule has 0 radical (unpaired) electrons. The summed E-state index contributed by atoms with van der Waals surface area (Å²) in [5, 5.41) is 2.58. The molecule has 174 valence electrons. The van der Waals surface area contributed by atoms with Crippen LogP contribution in [0.4, 0.5) is 5.69 Å². The molecule has 1 N–H and O–H groups in total. The number of carbonyl (C=O) groups excluding carboxylic acids is 2. The van der Waals surface area contributed by atoms with Crippen LogP contribution in [-0.4, -0.2) is 38.3 Å². The smallest absolute Gasteiger partial charge is 0.339 e.